The van der Waals surface area contributed by atoms with Crippen LogP contribution < -0.4 is 4.74 Å². The molecule has 2 aromatic rings. The summed E-state index contributed by atoms with van der Waals surface area (Å²) < 4.78 is 18.3. The molecule has 0 unspecified atom stereocenters. The lowest BCUT2D eigenvalue weighted by Gasteiger charge is -2.03. The first-order valence-electron chi connectivity index (χ1n) is 3.87. The molecular weight excluding hydrogens is 207 g/mol. The average Bonchev–Trinajstić information content (AvgIpc) is 2.18. The highest BCUT2D eigenvalue weighted by molar-refractivity contribution is 6.29. The first-order chi connectivity index (χ1) is 6.72. The SMILES string of the molecule is COc1ccc2nc(Cl)cnc2c1F. The Morgan fingerprint density at radius 3 is 2.93 bits per heavy atom. The Balaban J connectivity index is 2.77. The van der Waals surface area contributed by atoms with Crippen molar-refractivity contribution in [2.24, 2.45) is 0 Å². The Bertz CT molecular complexity index is 489. The Morgan fingerprint density at radius 1 is 1.43 bits per heavy atom. The molecule has 14 heavy (non-hydrogen) atoms. The fourth-order valence-electron chi connectivity index (χ4n) is 1.17. The van der Waals surface area contributed by atoms with E-state index >= 15 is 0 Å². The van der Waals surface area contributed by atoms with Gasteiger partial charge in [0.25, 0.3) is 0 Å². The zero-order valence-corrected chi connectivity index (χ0v) is 8.05. The zero-order chi connectivity index (χ0) is 10.1. The van der Waals surface area contributed by atoms with E-state index in [2.05, 4.69) is 9.97 Å². The number of ether oxygens (including phenoxy) is 1. The van der Waals surface area contributed by atoms with Crippen molar-refractivity contribution < 1.29 is 9.13 Å². The number of nitrogens with zero attached hydrogens (tertiary/aromatic N) is 2. The van der Waals surface area contributed by atoms with Crippen molar-refractivity contribution in [1.82, 2.24) is 9.97 Å². The number of hydrogen-bond donors (Lipinski definition) is 0. The molecule has 0 spiro atoms. The normalized spacial score (nSPS) is 10.5. The van der Waals surface area contributed by atoms with Gasteiger partial charge in [-0.2, -0.15) is 0 Å². The molecule has 0 atom stereocenters. The molecule has 0 aliphatic rings. The maximum absolute atomic E-state index is 13.5. The first kappa shape index (κ1) is 9.15. The van der Waals surface area contributed by atoms with Crippen molar-refractivity contribution in [3.05, 3.63) is 29.3 Å². The van der Waals surface area contributed by atoms with Crippen molar-refractivity contribution in [3.8, 4) is 5.75 Å². The second-order valence-corrected chi connectivity index (χ2v) is 3.03. The third-order valence-corrected chi connectivity index (χ3v) is 1.99. The number of hydrogen-bond acceptors (Lipinski definition) is 3. The van der Waals surface area contributed by atoms with Gasteiger partial charge in [-0.05, 0) is 12.1 Å². The lowest BCUT2D eigenvalue weighted by atomic mass is 10.2. The monoisotopic (exact) mass is 212 g/mol. The number of benzene rings is 1. The van der Waals surface area contributed by atoms with Gasteiger partial charge in [-0.25, -0.2) is 14.4 Å². The molecular formula is C9H6ClFN2O. The van der Waals surface area contributed by atoms with Crippen molar-refractivity contribution in [3.63, 3.8) is 0 Å². The van der Waals surface area contributed by atoms with Crippen LogP contribution >= 0.6 is 11.6 Å². The number of halogens is 2. The van der Waals surface area contributed by atoms with Crippen LogP contribution in [0.1, 0.15) is 0 Å². The van der Waals surface area contributed by atoms with Gasteiger partial charge < -0.3 is 4.74 Å². The predicted octanol–water partition coefficient (Wildman–Crippen LogP) is 2.43. The Labute approximate surface area is 84.5 Å². The van der Waals surface area contributed by atoms with Crippen LogP contribution in [0.25, 0.3) is 11.0 Å². The van der Waals surface area contributed by atoms with E-state index < -0.39 is 5.82 Å². The summed E-state index contributed by atoms with van der Waals surface area (Å²) in [5.74, 6) is -0.372. The minimum Gasteiger partial charge on any atom is -0.494 e. The summed E-state index contributed by atoms with van der Waals surface area (Å²) in [7, 11) is 1.40. The lowest BCUT2D eigenvalue weighted by molar-refractivity contribution is 0.388. The summed E-state index contributed by atoms with van der Waals surface area (Å²) in [6.07, 6.45) is 1.30. The predicted molar refractivity (Wildman–Crippen MR) is 51.1 cm³/mol. The van der Waals surface area contributed by atoms with E-state index in [-0.39, 0.29) is 16.4 Å². The lowest BCUT2D eigenvalue weighted by Crippen LogP contribution is -1.92. The summed E-state index contributed by atoms with van der Waals surface area (Å²) >= 11 is 5.62. The third kappa shape index (κ3) is 1.37. The average molecular weight is 213 g/mol. The Kier molecular flexibility index (Phi) is 2.21. The van der Waals surface area contributed by atoms with Crippen molar-refractivity contribution in [1.29, 1.82) is 0 Å². The molecule has 2 rings (SSSR count). The van der Waals surface area contributed by atoms with Gasteiger partial charge >= 0.3 is 0 Å². The van der Waals surface area contributed by atoms with E-state index in [1.54, 1.807) is 6.07 Å². The molecule has 0 fully saturated rings. The molecule has 0 bridgehead atoms. The molecule has 1 heterocycles. The van der Waals surface area contributed by atoms with Crippen LogP contribution in [0.3, 0.4) is 0 Å². The Hall–Kier alpha value is -1.42. The summed E-state index contributed by atoms with van der Waals surface area (Å²) in [5, 5.41) is 0.238. The molecule has 0 saturated carbocycles. The van der Waals surface area contributed by atoms with E-state index in [9.17, 15) is 4.39 Å². The summed E-state index contributed by atoms with van der Waals surface area (Å²) in [4.78, 5) is 7.76. The van der Waals surface area contributed by atoms with Gasteiger partial charge in [0.1, 0.15) is 10.7 Å². The number of methoxy groups -OCH3 is 1. The van der Waals surface area contributed by atoms with Crippen LogP contribution in [0.2, 0.25) is 5.15 Å². The number of fused-ring (bicyclic) bond motifs is 1. The fraction of sp³-hybridized carbons (Fsp3) is 0.111. The van der Waals surface area contributed by atoms with Crippen molar-refractivity contribution in [2.75, 3.05) is 7.11 Å². The molecule has 1 aromatic carbocycles. The first-order valence-corrected chi connectivity index (χ1v) is 4.25. The molecule has 0 aliphatic heterocycles. The zero-order valence-electron chi connectivity index (χ0n) is 7.29. The van der Waals surface area contributed by atoms with Gasteiger partial charge in [-0.1, -0.05) is 11.6 Å². The minimum atomic E-state index is -0.519. The van der Waals surface area contributed by atoms with E-state index in [4.69, 9.17) is 16.3 Å². The molecule has 72 valence electrons. The molecule has 5 heteroatoms. The van der Waals surface area contributed by atoms with Gasteiger partial charge in [-0.15, -0.1) is 0 Å². The van der Waals surface area contributed by atoms with Crippen LogP contribution in [-0.2, 0) is 0 Å². The largest absolute Gasteiger partial charge is 0.494 e. The van der Waals surface area contributed by atoms with E-state index in [1.807, 2.05) is 0 Å². The molecule has 0 N–H and O–H groups in total. The van der Waals surface area contributed by atoms with E-state index in [0.717, 1.165) is 0 Å². The van der Waals surface area contributed by atoms with Crippen LogP contribution in [0.4, 0.5) is 4.39 Å². The molecule has 0 radical (unpaired) electrons. The smallest absolute Gasteiger partial charge is 0.192 e. The number of rotatable bonds is 1. The number of aromatic nitrogens is 2. The van der Waals surface area contributed by atoms with Gasteiger partial charge in [0, 0.05) is 0 Å². The van der Waals surface area contributed by atoms with Crippen molar-refractivity contribution in [2.45, 2.75) is 0 Å². The summed E-state index contributed by atoms with van der Waals surface area (Å²) in [6, 6.07) is 3.10. The van der Waals surface area contributed by atoms with Gasteiger partial charge in [0.2, 0.25) is 0 Å². The van der Waals surface area contributed by atoms with Gasteiger partial charge in [-0.3, -0.25) is 0 Å². The van der Waals surface area contributed by atoms with Crippen LogP contribution in [0.15, 0.2) is 18.3 Å². The third-order valence-electron chi connectivity index (χ3n) is 1.81. The van der Waals surface area contributed by atoms with Gasteiger partial charge in [0.15, 0.2) is 11.6 Å². The summed E-state index contributed by atoms with van der Waals surface area (Å²) in [5.41, 5.74) is 0.574. The standard InChI is InChI=1S/C9H6ClFN2O/c1-14-6-3-2-5-9(8(6)11)12-4-7(10)13-5/h2-4H,1H3. The fourth-order valence-corrected chi connectivity index (χ4v) is 1.31. The minimum absolute atomic E-state index is 0.147. The maximum Gasteiger partial charge on any atom is 0.192 e. The highest BCUT2D eigenvalue weighted by Gasteiger charge is 2.09. The van der Waals surface area contributed by atoms with Crippen LogP contribution in [0, 0.1) is 5.82 Å². The Morgan fingerprint density at radius 2 is 2.21 bits per heavy atom. The molecule has 0 saturated heterocycles. The van der Waals surface area contributed by atoms with E-state index in [1.165, 1.54) is 19.4 Å². The molecule has 0 amide bonds. The molecule has 0 aliphatic carbocycles. The summed E-state index contributed by atoms with van der Waals surface area (Å²) in [6.45, 7) is 0. The second-order valence-electron chi connectivity index (χ2n) is 2.64. The van der Waals surface area contributed by atoms with Gasteiger partial charge in [0.05, 0.1) is 18.8 Å². The van der Waals surface area contributed by atoms with Crippen LogP contribution in [0.5, 0.6) is 5.75 Å². The highest BCUT2D eigenvalue weighted by Crippen LogP contribution is 2.23. The molecule has 1 aromatic heterocycles. The second kappa shape index (κ2) is 3.38. The van der Waals surface area contributed by atoms with Crippen molar-refractivity contribution >= 4 is 22.6 Å². The van der Waals surface area contributed by atoms with Crippen LogP contribution in [-0.4, -0.2) is 17.1 Å². The highest BCUT2D eigenvalue weighted by atomic mass is 35.5. The molecule has 3 nitrogen and oxygen atoms in total. The topological polar surface area (TPSA) is 35.0 Å². The van der Waals surface area contributed by atoms with E-state index in [0.29, 0.717) is 5.52 Å². The maximum atomic E-state index is 13.5. The quantitative estimate of drug-likeness (QED) is 0.728.